The lowest BCUT2D eigenvalue weighted by molar-refractivity contribution is 0.0165. The Balaban J connectivity index is 2.16. The van der Waals surface area contributed by atoms with Crippen molar-refractivity contribution in [3.05, 3.63) is 0 Å². The number of hydrogen-bond acceptors (Lipinski definition) is 2. The highest BCUT2D eigenvalue weighted by Gasteiger charge is 2.45. The molecule has 0 aromatic rings. The molecular weight excluding hydrogens is 244 g/mol. The van der Waals surface area contributed by atoms with Gasteiger partial charge in [-0.1, -0.05) is 39.5 Å². The molecule has 0 heterocycles. The van der Waals surface area contributed by atoms with Crippen LogP contribution in [0.2, 0.25) is 0 Å². The van der Waals surface area contributed by atoms with Crippen molar-refractivity contribution < 1.29 is 0 Å². The summed E-state index contributed by atoms with van der Waals surface area (Å²) in [5.41, 5.74) is 0.401. The first kappa shape index (κ1) is 16.3. The van der Waals surface area contributed by atoms with Crippen LogP contribution in [0, 0.1) is 17.8 Å². The highest BCUT2D eigenvalue weighted by Crippen LogP contribution is 2.43. The molecule has 4 unspecified atom stereocenters. The Bertz CT molecular complexity index is 294. The van der Waals surface area contributed by atoms with Gasteiger partial charge >= 0.3 is 0 Å². The zero-order valence-electron chi connectivity index (χ0n) is 14.4. The van der Waals surface area contributed by atoms with Crippen molar-refractivity contribution in [3.63, 3.8) is 0 Å². The summed E-state index contributed by atoms with van der Waals surface area (Å²) in [7, 11) is 6.82. The Morgan fingerprint density at radius 2 is 1.65 bits per heavy atom. The van der Waals surface area contributed by atoms with Crippen molar-refractivity contribution in [1.29, 1.82) is 0 Å². The Morgan fingerprint density at radius 1 is 1.00 bits per heavy atom. The Morgan fingerprint density at radius 3 is 2.15 bits per heavy atom. The first-order valence-electron chi connectivity index (χ1n) is 8.86. The molecule has 0 amide bonds. The van der Waals surface area contributed by atoms with Gasteiger partial charge in [0.1, 0.15) is 0 Å². The van der Waals surface area contributed by atoms with Gasteiger partial charge in [0.05, 0.1) is 0 Å². The minimum Gasteiger partial charge on any atom is -0.315 e. The second-order valence-corrected chi connectivity index (χ2v) is 7.85. The molecule has 0 radical (unpaired) electrons. The van der Waals surface area contributed by atoms with Gasteiger partial charge < -0.3 is 10.2 Å². The third-order valence-electron chi connectivity index (χ3n) is 6.61. The van der Waals surface area contributed by atoms with E-state index >= 15 is 0 Å². The van der Waals surface area contributed by atoms with Crippen LogP contribution in [0.5, 0.6) is 0 Å². The van der Waals surface area contributed by atoms with Gasteiger partial charge in [0.2, 0.25) is 0 Å². The minimum atomic E-state index is 0.401. The summed E-state index contributed by atoms with van der Waals surface area (Å²) in [6.07, 6.45) is 11.3. The molecule has 0 saturated heterocycles. The molecule has 2 saturated carbocycles. The summed E-state index contributed by atoms with van der Waals surface area (Å²) >= 11 is 0. The van der Waals surface area contributed by atoms with E-state index in [4.69, 9.17) is 0 Å². The van der Waals surface area contributed by atoms with E-state index in [-0.39, 0.29) is 0 Å². The largest absolute Gasteiger partial charge is 0.315 e. The van der Waals surface area contributed by atoms with Gasteiger partial charge in [-0.15, -0.1) is 0 Å². The molecule has 4 atom stereocenters. The smallest absolute Gasteiger partial charge is 0.0359 e. The fourth-order valence-electron chi connectivity index (χ4n) is 5.04. The first-order valence-corrected chi connectivity index (χ1v) is 8.86. The average Bonchev–Trinajstić information content (AvgIpc) is 2.44. The molecule has 2 nitrogen and oxygen atoms in total. The predicted molar refractivity (Wildman–Crippen MR) is 88.0 cm³/mol. The molecular formula is C18H36N2. The van der Waals surface area contributed by atoms with Crippen molar-refractivity contribution in [2.75, 3.05) is 21.1 Å². The van der Waals surface area contributed by atoms with Crippen LogP contribution in [0.3, 0.4) is 0 Å². The summed E-state index contributed by atoms with van der Waals surface area (Å²) < 4.78 is 0. The van der Waals surface area contributed by atoms with Crippen LogP contribution < -0.4 is 5.32 Å². The van der Waals surface area contributed by atoms with Gasteiger partial charge in [-0.2, -0.15) is 0 Å². The molecule has 1 N–H and O–H groups in total. The van der Waals surface area contributed by atoms with Gasteiger partial charge in [-0.3, -0.25) is 0 Å². The van der Waals surface area contributed by atoms with Crippen molar-refractivity contribution in [3.8, 4) is 0 Å². The number of rotatable bonds is 4. The SMILES string of the molecule is CNC(C1CCC(C)C(C)C1)C1(N(C)C)CCCCC1. The van der Waals surface area contributed by atoms with Gasteiger partial charge in [0.15, 0.2) is 0 Å². The molecule has 118 valence electrons. The third kappa shape index (κ3) is 3.06. The van der Waals surface area contributed by atoms with Crippen LogP contribution in [0.15, 0.2) is 0 Å². The van der Waals surface area contributed by atoms with Crippen molar-refractivity contribution in [1.82, 2.24) is 10.2 Å². The third-order valence-corrected chi connectivity index (χ3v) is 6.61. The molecule has 2 rings (SSSR count). The lowest BCUT2D eigenvalue weighted by Crippen LogP contribution is -2.62. The van der Waals surface area contributed by atoms with Crippen molar-refractivity contribution in [2.45, 2.75) is 76.8 Å². The van der Waals surface area contributed by atoms with Crippen LogP contribution in [0.4, 0.5) is 0 Å². The van der Waals surface area contributed by atoms with E-state index in [0.29, 0.717) is 11.6 Å². The van der Waals surface area contributed by atoms with E-state index < -0.39 is 0 Å². The van der Waals surface area contributed by atoms with Crippen molar-refractivity contribution in [2.24, 2.45) is 17.8 Å². The molecule has 0 aliphatic heterocycles. The summed E-state index contributed by atoms with van der Waals surface area (Å²) in [5.74, 6) is 2.68. The highest BCUT2D eigenvalue weighted by molar-refractivity contribution is 5.03. The second kappa shape index (κ2) is 6.79. The van der Waals surface area contributed by atoms with E-state index in [1.807, 2.05) is 0 Å². The molecule has 0 aromatic heterocycles. The monoisotopic (exact) mass is 280 g/mol. The van der Waals surface area contributed by atoms with Gasteiger partial charge in [-0.05, 0) is 64.6 Å². The number of likely N-dealkylation sites (N-methyl/N-ethyl adjacent to an activating group) is 2. The lowest BCUT2D eigenvalue weighted by Gasteiger charge is -2.52. The Hall–Kier alpha value is -0.0800. The van der Waals surface area contributed by atoms with E-state index in [2.05, 4.69) is 45.2 Å². The van der Waals surface area contributed by atoms with E-state index in [1.54, 1.807) is 0 Å². The fraction of sp³-hybridized carbons (Fsp3) is 1.00. The summed E-state index contributed by atoms with van der Waals surface area (Å²) in [5, 5.41) is 3.76. The Kier molecular flexibility index (Phi) is 5.53. The fourth-order valence-corrected chi connectivity index (χ4v) is 5.04. The standard InChI is InChI=1S/C18H36N2/c1-14-9-10-16(13-15(14)2)17(19-3)18(20(4)5)11-7-6-8-12-18/h14-17,19H,6-13H2,1-5H3. The summed E-state index contributed by atoms with van der Waals surface area (Å²) in [4.78, 5) is 2.55. The maximum Gasteiger partial charge on any atom is 0.0359 e. The predicted octanol–water partition coefficient (Wildman–Crippen LogP) is 3.91. The number of nitrogens with zero attached hydrogens (tertiary/aromatic N) is 1. The Labute approximate surface area is 126 Å². The maximum absolute atomic E-state index is 3.76. The molecule has 2 aliphatic rings. The van der Waals surface area contributed by atoms with Gasteiger partial charge in [0, 0.05) is 11.6 Å². The van der Waals surface area contributed by atoms with E-state index in [1.165, 1.54) is 51.4 Å². The van der Waals surface area contributed by atoms with E-state index in [9.17, 15) is 0 Å². The van der Waals surface area contributed by atoms with Crippen LogP contribution in [-0.4, -0.2) is 37.6 Å². The van der Waals surface area contributed by atoms with Crippen LogP contribution in [0.25, 0.3) is 0 Å². The maximum atomic E-state index is 3.76. The van der Waals surface area contributed by atoms with Crippen LogP contribution in [0.1, 0.15) is 65.2 Å². The summed E-state index contributed by atoms with van der Waals surface area (Å²) in [6, 6.07) is 0.674. The molecule has 20 heavy (non-hydrogen) atoms. The van der Waals surface area contributed by atoms with Crippen molar-refractivity contribution >= 4 is 0 Å². The lowest BCUT2D eigenvalue weighted by atomic mass is 9.65. The average molecular weight is 280 g/mol. The van der Waals surface area contributed by atoms with Gasteiger partial charge in [-0.25, -0.2) is 0 Å². The zero-order valence-corrected chi connectivity index (χ0v) is 14.4. The molecule has 0 spiro atoms. The molecule has 2 aliphatic carbocycles. The topological polar surface area (TPSA) is 15.3 Å². The first-order chi connectivity index (χ1) is 9.51. The molecule has 0 bridgehead atoms. The van der Waals surface area contributed by atoms with Gasteiger partial charge in [0.25, 0.3) is 0 Å². The quantitative estimate of drug-likeness (QED) is 0.840. The van der Waals surface area contributed by atoms with E-state index in [0.717, 1.165) is 17.8 Å². The van der Waals surface area contributed by atoms with Crippen LogP contribution in [-0.2, 0) is 0 Å². The highest BCUT2D eigenvalue weighted by atomic mass is 15.2. The minimum absolute atomic E-state index is 0.401. The number of hydrogen-bond donors (Lipinski definition) is 1. The normalized spacial score (nSPS) is 36.0. The molecule has 2 fully saturated rings. The number of nitrogens with one attached hydrogen (secondary N) is 1. The van der Waals surface area contributed by atoms with Crippen LogP contribution >= 0.6 is 0 Å². The molecule has 2 heteroatoms. The summed E-state index contributed by atoms with van der Waals surface area (Å²) in [6.45, 7) is 4.91. The zero-order chi connectivity index (χ0) is 14.8. The second-order valence-electron chi connectivity index (χ2n) is 7.85. The molecule has 0 aromatic carbocycles.